The van der Waals surface area contributed by atoms with E-state index in [0.717, 1.165) is 32.2 Å². The first-order valence-electron chi connectivity index (χ1n) is 16.7. The third-order valence-corrected chi connectivity index (χ3v) is 7.31. The van der Waals surface area contributed by atoms with E-state index in [-0.39, 0.29) is 12.6 Å². The lowest BCUT2D eigenvalue weighted by molar-refractivity contribution is -0.167. The highest BCUT2D eigenvalue weighted by atomic mass is 16.6. The number of carbonyl (C=O) groups excluding carboxylic acids is 2. The van der Waals surface area contributed by atoms with Gasteiger partial charge >= 0.3 is 11.9 Å². The molecule has 0 heterocycles. The summed E-state index contributed by atoms with van der Waals surface area (Å²) in [5, 5.41) is 0. The van der Waals surface area contributed by atoms with Gasteiger partial charge < -0.3 is 14.4 Å². The van der Waals surface area contributed by atoms with E-state index in [1.165, 1.54) is 109 Å². The van der Waals surface area contributed by atoms with Gasteiger partial charge in [-0.15, -0.1) is 0 Å². The van der Waals surface area contributed by atoms with Crippen LogP contribution in [0.3, 0.4) is 0 Å². The van der Waals surface area contributed by atoms with Crippen molar-refractivity contribution in [3.05, 3.63) is 12.2 Å². The van der Waals surface area contributed by atoms with Crippen LogP contribution < -0.4 is 0 Å². The van der Waals surface area contributed by atoms with Crippen LogP contribution in [0, 0.1) is 0 Å². The van der Waals surface area contributed by atoms with Gasteiger partial charge in [-0.3, -0.25) is 4.79 Å². The van der Waals surface area contributed by atoms with Crippen molar-refractivity contribution < 1.29 is 19.1 Å². The van der Waals surface area contributed by atoms with E-state index < -0.39 is 12.1 Å². The lowest BCUT2D eigenvalue weighted by Crippen LogP contribution is -2.29. The Morgan fingerprint density at radius 3 is 1.64 bits per heavy atom. The number of unbranched alkanes of at least 4 members (excludes halogenated alkanes) is 18. The third-order valence-electron chi connectivity index (χ3n) is 7.31. The Balaban J connectivity index is 4.19. The summed E-state index contributed by atoms with van der Waals surface area (Å²) in [4.78, 5) is 27.1. The van der Waals surface area contributed by atoms with Gasteiger partial charge in [0.1, 0.15) is 6.61 Å². The van der Waals surface area contributed by atoms with Crippen molar-refractivity contribution in [2.24, 2.45) is 0 Å². The second-order valence-electron chi connectivity index (χ2n) is 11.6. The summed E-state index contributed by atoms with van der Waals surface area (Å²) in [6.45, 7) is 5.58. The number of hydrogen-bond acceptors (Lipinski definition) is 5. The van der Waals surface area contributed by atoms with Gasteiger partial charge in [0.25, 0.3) is 0 Å². The van der Waals surface area contributed by atoms with Crippen LogP contribution in [0.4, 0.5) is 0 Å². The summed E-state index contributed by atoms with van der Waals surface area (Å²) >= 11 is 0. The van der Waals surface area contributed by atoms with Crippen molar-refractivity contribution in [1.29, 1.82) is 0 Å². The number of ether oxygens (including phenoxy) is 2. The van der Waals surface area contributed by atoms with E-state index >= 15 is 0 Å². The monoisotopic (exact) mass is 551 g/mol. The lowest BCUT2D eigenvalue weighted by atomic mass is 10.0. The van der Waals surface area contributed by atoms with Gasteiger partial charge in [-0.2, -0.15) is 0 Å². The van der Waals surface area contributed by atoms with E-state index in [1.807, 2.05) is 25.1 Å². The van der Waals surface area contributed by atoms with Crippen LogP contribution in [-0.2, 0) is 19.1 Å². The molecule has 0 amide bonds. The maximum atomic E-state index is 12.7. The molecule has 1 unspecified atom stereocenters. The second-order valence-corrected chi connectivity index (χ2v) is 11.6. The minimum atomic E-state index is -0.781. The summed E-state index contributed by atoms with van der Waals surface area (Å²) in [7, 11) is 3.97. The highest BCUT2D eigenvalue weighted by Gasteiger charge is 2.23. The van der Waals surface area contributed by atoms with E-state index in [1.54, 1.807) is 0 Å². The predicted molar refractivity (Wildman–Crippen MR) is 166 cm³/mol. The average Bonchev–Trinajstić information content (AvgIpc) is 2.91. The molecule has 0 radical (unpaired) electrons. The molecule has 0 aromatic carbocycles. The molecule has 1 atom stereocenters. The van der Waals surface area contributed by atoms with Gasteiger partial charge in [0.05, 0.1) is 0 Å². The Bertz CT molecular complexity index is 576. The third kappa shape index (κ3) is 28.0. The van der Waals surface area contributed by atoms with Gasteiger partial charge in [0, 0.05) is 6.42 Å². The molecule has 0 bridgehead atoms. The largest absolute Gasteiger partial charge is 0.459 e. The molecular weight excluding hydrogens is 486 g/mol. The maximum Gasteiger partial charge on any atom is 0.347 e. The zero-order valence-electron chi connectivity index (χ0n) is 26.5. The van der Waals surface area contributed by atoms with Gasteiger partial charge in [0.2, 0.25) is 0 Å². The van der Waals surface area contributed by atoms with Crippen molar-refractivity contribution in [2.45, 2.75) is 168 Å². The van der Waals surface area contributed by atoms with Gasteiger partial charge in [-0.1, -0.05) is 135 Å². The van der Waals surface area contributed by atoms with Crippen LogP contribution in [0.15, 0.2) is 12.2 Å². The van der Waals surface area contributed by atoms with Gasteiger partial charge in [-0.05, 0) is 52.7 Å². The predicted octanol–water partition coefficient (Wildman–Crippen LogP) is 9.57. The Hall–Kier alpha value is -1.36. The topological polar surface area (TPSA) is 55.8 Å². The van der Waals surface area contributed by atoms with E-state index in [0.29, 0.717) is 12.8 Å². The number of carbonyl (C=O) groups is 2. The molecule has 0 rings (SSSR count). The van der Waals surface area contributed by atoms with Crippen LogP contribution >= 0.6 is 0 Å². The van der Waals surface area contributed by atoms with E-state index in [2.05, 4.69) is 19.9 Å². The molecule has 0 saturated carbocycles. The fraction of sp³-hybridized carbons (Fsp3) is 0.882. The van der Waals surface area contributed by atoms with E-state index in [4.69, 9.17) is 9.47 Å². The van der Waals surface area contributed by atoms with Gasteiger partial charge in [-0.25, -0.2) is 4.79 Å². The Kier molecular flexibility index (Phi) is 28.6. The van der Waals surface area contributed by atoms with Gasteiger partial charge in [0.15, 0.2) is 6.10 Å². The first-order chi connectivity index (χ1) is 19.0. The molecule has 0 fully saturated rings. The standard InChI is InChI=1S/C34H65NO4/c1-5-7-9-11-13-15-16-17-18-19-21-23-25-28-32(39-33(36)29-27-30-35(3)4)34(37)38-31-26-24-22-20-14-12-10-8-6-2/h24,26,32H,5-23,25,27-31H2,1-4H3. The summed E-state index contributed by atoms with van der Waals surface area (Å²) < 4.78 is 11.0. The molecule has 0 aliphatic carbocycles. The minimum Gasteiger partial charge on any atom is -0.459 e. The summed E-state index contributed by atoms with van der Waals surface area (Å²) in [6, 6.07) is 0. The van der Waals surface area contributed by atoms with Crippen LogP contribution in [0.5, 0.6) is 0 Å². The fourth-order valence-corrected chi connectivity index (χ4v) is 4.78. The van der Waals surface area contributed by atoms with Crippen LogP contribution in [0.25, 0.3) is 0 Å². The molecule has 0 aromatic rings. The molecule has 230 valence electrons. The van der Waals surface area contributed by atoms with Crippen molar-refractivity contribution >= 4 is 11.9 Å². The highest BCUT2D eigenvalue weighted by Crippen LogP contribution is 2.15. The first kappa shape index (κ1) is 37.6. The minimum absolute atomic E-state index is 0.252. The number of rotatable bonds is 29. The molecule has 0 N–H and O–H groups in total. The van der Waals surface area contributed by atoms with Crippen LogP contribution in [-0.4, -0.2) is 50.2 Å². The number of esters is 2. The zero-order chi connectivity index (χ0) is 28.8. The molecule has 0 aliphatic heterocycles. The highest BCUT2D eigenvalue weighted by molar-refractivity contribution is 5.79. The zero-order valence-corrected chi connectivity index (χ0v) is 26.5. The normalized spacial score (nSPS) is 12.3. The lowest BCUT2D eigenvalue weighted by Gasteiger charge is -2.17. The van der Waals surface area contributed by atoms with E-state index in [9.17, 15) is 9.59 Å². The molecule has 0 aliphatic rings. The number of nitrogens with zero attached hydrogens (tertiary/aromatic N) is 1. The molecular formula is C34H65NO4. The fourth-order valence-electron chi connectivity index (χ4n) is 4.78. The molecule has 39 heavy (non-hydrogen) atoms. The summed E-state index contributed by atoms with van der Waals surface area (Å²) in [5.41, 5.74) is 0. The smallest absolute Gasteiger partial charge is 0.347 e. The summed E-state index contributed by atoms with van der Waals surface area (Å²) in [6.07, 6.45) is 30.2. The molecule has 5 heteroatoms. The number of hydrogen-bond donors (Lipinski definition) is 0. The Morgan fingerprint density at radius 2 is 1.13 bits per heavy atom. The molecule has 0 aromatic heterocycles. The van der Waals surface area contributed by atoms with Crippen molar-refractivity contribution in [2.75, 3.05) is 27.2 Å². The Labute approximate surface area is 242 Å². The first-order valence-corrected chi connectivity index (χ1v) is 16.7. The molecule has 0 saturated heterocycles. The molecule has 0 spiro atoms. The quantitative estimate of drug-likeness (QED) is 0.0526. The average molecular weight is 552 g/mol. The van der Waals surface area contributed by atoms with Crippen molar-refractivity contribution in [1.82, 2.24) is 4.90 Å². The summed E-state index contributed by atoms with van der Waals surface area (Å²) in [5.74, 6) is -0.703. The Morgan fingerprint density at radius 1 is 0.641 bits per heavy atom. The number of allylic oxidation sites excluding steroid dienone is 1. The second kappa shape index (κ2) is 29.6. The SMILES string of the molecule is CCCCCCCCC=CCOC(=O)C(CCCCCCCCCCCCCCC)OC(=O)CCCN(C)C. The molecule has 5 nitrogen and oxygen atoms in total. The van der Waals surface area contributed by atoms with Crippen molar-refractivity contribution in [3.63, 3.8) is 0 Å². The van der Waals surface area contributed by atoms with Crippen molar-refractivity contribution in [3.8, 4) is 0 Å². The maximum absolute atomic E-state index is 12.7. The van der Waals surface area contributed by atoms with Crippen LogP contribution in [0.2, 0.25) is 0 Å². The van der Waals surface area contributed by atoms with Crippen LogP contribution in [0.1, 0.15) is 162 Å².